The zero-order valence-corrected chi connectivity index (χ0v) is 10.6. The Balaban J connectivity index is 2.31. The standard InChI is InChI=1S/C14H21NO2/c1-11(16)13-10-12(17-2)6-7-14(13)15-8-4-3-5-9-15/h6-7,10-11,16H,3-5,8-9H2,1-2H3. The second kappa shape index (κ2) is 5.41. The molecule has 2 rings (SSSR count). The number of nitrogens with zero attached hydrogens (tertiary/aromatic N) is 1. The average Bonchev–Trinajstić information content (AvgIpc) is 2.39. The topological polar surface area (TPSA) is 32.7 Å². The predicted octanol–water partition coefficient (Wildman–Crippen LogP) is 2.74. The molecule has 1 atom stereocenters. The molecule has 1 aliphatic heterocycles. The summed E-state index contributed by atoms with van der Waals surface area (Å²) in [6.45, 7) is 3.99. The van der Waals surface area contributed by atoms with Crippen LogP contribution in [0.2, 0.25) is 0 Å². The minimum Gasteiger partial charge on any atom is -0.497 e. The molecule has 0 amide bonds. The third-order valence-electron chi connectivity index (χ3n) is 3.38. The SMILES string of the molecule is COc1ccc(N2CCCCC2)c(C(C)O)c1. The maximum absolute atomic E-state index is 9.87. The molecule has 3 heteroatoms. The van der Waals surface area contributed by atoms with Gasteiger partial charge in [0.05, 0.1) is 13.2 Å². The number of hydrogen-bond acceptors (Lipinski definition) is 3. The quantitative estimate of drug-likeness (QED) is 0.874. The molecule has 1 aromatic carbocycles. The zero-order chi connectivity index (χ0) is 12.3. The van der Waals surface area contributed by atoms with Crippen LogP contribution >= 0.6 is 0 Å². The number of piperidine rings is 1. The van der Waals surface area contributed by atoms with Crippen LogP contribution < -0.4 is 9.64 Å². The van der Waals surface area contributed by atoms with E-state index in [1.54, 1.807) is 7.11 Å². The third kappa shape index (κ3) is 2.72. The summed E-state index contributed by atoms with van der Waals surface area (Å²) in [6, 6.07) is 5.97. The molecule has 94 valence electrons. The Morgan fingerprint density at radius 2 is 1.94 bits per heavy atom. The number of ether oxygens (including phenoxy) is 1. The van der Waals surface area contributed by atoms with E-state index in [2.05, 4.69) is 11.0 Å². The molecule has 1 N–H and O–H groups in total. The fourth-order valence-electron chi connectivity index (χ4n) is 2.42. The number of anilines is 1. The van der Waals surface area contributed by atoms with Crippen molar-refractivity contribution in [2.75, 3.05) is 25.1 Å². The van der Waals surface area contributed by atoms with Gasteiger partial charge in [-0.15, -0.1) is 0 Å². The summed E-state index contributed by atoms with van der Waals surface area (Å²) in [5, 5.41) is 9.87. The normalized spacial score (nSPS) is 17.9. The number of hydrogen-bond donors (Lipinski definition) is 1. The minimum absolute atomic E-state index is 0.456. The monoisotopic (exact) mass is 235 g/mol. The first-order valence-corrected chi connectivity index (χ1v) is 6.33. The van der Waals surface area contributed by atoms with Gasteiger partial charge in [-0.3, -0.25) is 0 Å². The molecule has 0 spiro atoms. The Kier molecular flexibility index (Phi) is 3.89. The highest BCUT2D eigenvalue weighted by atomic mass is 16.5. The fraction of sp³-hybridized carbons (Fsp3) is 0.571. The van der Waals surface area contributed by atoms with E-state index >= 15 is 0 Å². The van der Waals surface area contributed by atoms with Gasteiger partial charge in [-0.05, 0) is 44.4 Å². The van der Waals surface area contributed by atoms with E-state index in [0.29, 0.717) is 0 Å². The molecule has 1 aromatic rings. The molecule has 0 radical (unpaired) electrons. The van der Waals surface area contributed by atoms with Crippen molar-refractivity contribution < 1.29 is 9.84 Å². The van der Waals surface area contributed by atoms with E-state index in [-0.39, 0.29) is 0 Å². The molecular formula is C14H21NO2. The zero-order valence-electron chi connectivity index (χ0n) is 10.6. The lowest BCUT2D eigenvalue weighted by Gasteiger charge is -2.31. The molecule has 1 saturated heterocycles. The Bertz CT molecular complexity index is 370. The van der Waals surface area contributed by atoms with Crippen LogP contribution in [0.3, 0.4) is 0 Å². The maximum atomic E-state index is 9.87. The summed E-state index contributed by atoms with van der Waals surface area (Å²) < 4.78 is 5.22. The van der Waals surface area contributed by atoms with E-state index < -0.39 is 6.10 Å². The van der Waals surface area contributed by atoms with Gasteiger partial charge in [0.2, 0.25) is 0 Å². The van der Waals surface area contributed by atoms with Crippen molar-refractivity contribution in [1.29, 1.82) is 0 Å². The van der Waals surface area contributed by atoms with Crippen molar-refractivity contribution in [3.05, 3.63) is 23.8 Å². The largest absolute Gasteiger partial charge is 0.497 e. The van der Waals surface area contributed by atoms with Crippen molar-refractivity contribution in [3.8, 4) is 5.75 Å². The van der Waals surface area contributed by atoms with Gasteiger partial charge in [-0.1, -0.05) is 0 Å². The molecule has 1 heterocycles. The molecule has 3 nitrogen and oxygen atoms in total. The van der Waals surface area contributed by atoms with Gasteiger partial charge in [-0.2, -0.15) is 0 Å². The summed E-state index contributed by atoms with van der Waals surface area (Å²) >= 11 is 0. The van der Waals surface area contributed by atoms with Gasteiger partial charge in [0, 0.05) is 24.3 Å². The Morgan fingerprint density at radius 3 is 2.53 bits per heavy atom. The predicted molar refractivity (Wildman–Crippen MR) is 69.7 cm³/mol. The summed E-state index contributed by atoms with van der Waals surface area (Å²) in [7, 11) is 1.65. The number of benzene rings is 1. The first-order valence-electron chi connectivity index (χ1n) is 6.33. The Labute approximate surface area is 103 Å². The van der Waals surface area contributed by atoms with Crippen LogP contribution in [0.5, 0.6) is 5.75 Å². The lowest BCUT2D eigenvalue weighted by molar-refractivity contribution is 0.199. The smallest absolute Gasteiger partial charge is 0.119 e. The fourth-order valence-corrected chi connectivity index (χ4v) is 2.42. The third-order valence-corrected chi connectivity index (χ3v) is 3.38. The van der Waals surface area contributed by atoms with Gasteiger partial charge >= 0.3 is 0 Å². The highest BCUT2D eigenvalue weighted by Crippen LogP contribution is 2.31. The highest BCUT2D eigenvalue weighted by Gasteiger charge is 2.17. The van der Waals surface area contributed by atoms with E-state index in [1.165, 1.54) is 19.3 Å². The average molecular weight is 235 g/mol. The van der Waals surface area contributed by atoms with Crippen LogP contribution in [0.4, 0.5) is 5.69 Å². The van der Waals surface area contributed by atoms with Crippen molar-refractivity contribution in [2.24, 2.45) is 0 Å². The van der Waals surface area contributed by atoms with Gasteiger partial charge in [-0.25, -0.2) is 0 Å². The first-order chi connectivity index (χ1) is 8.22. The Hall–Kier alpha value is -1.22. The summed E-state index contributed by atoms with van der Waals surface area (Å²) in [5.74, 6) is 0.807. The minimum atomic E-state index is -0.456. The summed E-state index contributed by atoms with van der Waals surface area (Å²) in [4.78, 5) is 2.37. The van der Waals surface area contributed by atoms with Gasteiger partial charge in [0.15, 0.2) is 0 Å². The first kappa shape index (κ1) is 12.2. The van der Waals surface area contributed by atoms with Crippen LogP contribution in [0, 0.1) is 0 Å². The second-order valence-electron chi connectivity index (χ2n) is 4.65. The highest BCUT2D eigenvalue weighted by molar-refractivity contribution is 5.57. The molecule has 17 heavy (non-hydrogen) atoms. The van der Waals surface area contributed by atoms with E-state index in [0.717, 1.165) is 30.1 Å². The lowest BCUT2D eigenvalue weighted by atomic mass is 10.0. The van der Waals surface area contributed by atoms with E-state index in [9.17, 15) is 5.11 Å². The summed E-state index contributed by atoms with van der Waals surface area (Å²) in [6.07, 6.45) is 3.34. The van der Waals surface area contributed by atoms with Crippen LogP contribution in [-0.2, 0) is 0 Å². The van der Waals surface area contributed by atoms with Crippen LogP contribution in [0.15, 0.2) is 18.2 Å². The van der Waals surface area contributed by atoms with Gasteiger partial charge in [0.25, 0.3) is 0 Å². The summed E-state index contributed by atoms with van der Waals surface area (Å²) in [5.41, 5.74) is 2.12. The van der Waals surface area contributed by atoms with Crippen LogP contribution in [0.25, 0.3) is 0 Å². The number of methoxy groups -OCH3 is 1. The van der Waals surface area contributed by atoms with Crippen LogP contribution in [0.1, 0.15) is 37.9 Å². The van der Waals surface area contributed by atoms with Crippen molar-refractivity contribution in [3.63, 3.8) is 0 Å². The molecule has 1 unspecified atom stereocenters. The number of rotatable bonds is 3. The molecule has 0 bridgehead atoms. The Morgan fingerprint density at radius 1 is 1.24 bits per heavy atom. The van der Waals surface area contributed by atoms with Crippen molar-refractivity contribution in [1.82, 2.24) is 0 Å². The molecule has 0 aromatic heterocycles. The second-order valence-corrected chi connectivity index (χ2v) is 4.65. The molecule has 0 aliphatic carbocycles. The van der Waals surface area contributed by atoms with Gasteiger partial charge < -0.3 is 14.7 Å². The van der Waals surface area contributed by atoms with E-state index in [1.807, 2.05) is 19.1 Å². The lowest BCUT2D eigenvalue weighted by Crippen LogP contribution is -2.30. The van der Waals surface area contributed by atoms with Gasteiger partial charge in [0.1, 0.15) is 5.75 Å². The molecule has 1 aliphatic rings. The molecular weight excluding hydrogens is 214 g/mol. The van der Waals surface area contributed by atoms with E-state index in [4.69, 9.17) is 4.74 Å². The maximum Gasteiger partial charge on any atom is 0.119 e. The number of aliphatic hydroxyl groups is 1. The van der Waals surface area contributed by atoms with Crippen molar-refractivity contribution in [2.45, 2.75) is 32.3 Å². The molecule has 0 saturated carbocycles. The van der Waals surface area contributed by atoms with Crippen LogP contribution in [-0.4, -0.2) is 25.3 Å². The molecule has 1 fully saturated rings. The van der Waals surface area contributed by atoms with Crippen molar-refractivity contribution >= 4 is 5.69 Å². The number of aliphatic hydroxyl groups excluding tert-OH is 1.